The van der Waals surface area contributed by atoms with E-state index in [0.29, 0.717) is 0 Å². The van der Waals surface area contributed by atoms with Gasteiger partial charge in [-0.1, -0.05) is 0 Å². The molecule has 4 N–H and O–H groups in total. The number of hydrogen-bond acceptors (Lipinski definition) is 5. The summed E-state index contributed by atoms with van der Waals surface area (Å²) in [6.45, 7) is -0.814. The van der Waals surface area contributed by atoms with Gasteiger partial charge in [0.1, 0.15) is 15.9 Å². The molecule has 0 radical (unpaired) electrons. The van der Waals surface area contributed by atoms with Crippen LogP contribution < -0.4 is 6.15 Å². The van der Waals surface area contributed by atoms with Crippen molar-refractivity contribution in [3.8, 4) is 0 Å². The largest absolute Gasteiger partial charge is 0.748 e. The molecule has 0 saturated heterocycles. The molecule has 0 aromatic heterocycles. The predicted molar refractivity (Wildman–Crippen MR) is 32.4 cm³/mol. The molecule has 0 amide bonds. The molecule has 8 heteroatoms. The van der Waals surface area contributed by atoms with Crippen LogP contribution in [-0.2, 0) is 10.1 Å². The monoisotopic (exact) mass is 172 g/mol. The van der Waals surface area contributed by atoms with E-state index in [1.54, 1.807) is 0 Å². The fourth-order valence-electron chi connectivity index (χ4n) is 0.186. The lowest BCUT2D eigenvalue weighted by Gasteiger charge is -2.00. The molecule has 0 spiro atoms. The number of rotatable bonds is 3. The van der Waals surface area contributed by atoms with E-state index < -0.39 is 27.3 Å². The van der Waals surface area contributed by atoms with E-state index in [1.165, 1.54) is 0 Å². The molecule has 0 fully saturated rings. The zero-order valence-electron chi connectivity index (χ0n) is 5.31. The first-order valence-electron chi connectivity index (χ1n) is 1.97. The summed E-state index contributed by atoms with van der Waals surface area (Å²) >= 11 is 0. The molecule has 62 valence electrons. The molecule has 0 atom stereocenters. The van der Waals surface area contributed by atoms with Crippen molar-refractivity contribution in [2.24, 2.45) is 0 Å². The minimum absolute atomic E-state index is 0. The van der Waals surface area contributed by atoms with Crippen molar-refractivity contribution in [3.05, 3.63) is 10.1 Å². The van der Waals surface area contributed by atoms with Crippen molar-refractivity contribution >= 4 is 10.1 Å². The molecule has 10 heavy (non-hydrogen) atoms. The van der Waals surface area contributed by atoms with Crippen LogP contribution in [0.15, 0.2) is 0 Å². The van der Waals surface area contributed by atoms with Gasteiger partial charge in [-0.3, -0.25) is 10.1 Å². The molecule has 0 rings (SSSR count). The summed E-state index contributed by atoms with van der Waals surface area (Å²) in [6.07, 6.45) is 0. The van der Waals surface area contributed by atoms with Crippen LogP contribution in [0.3, 0.4) is 0 Å². The third-order valence-corrected chi connectivity index (χ3v) is 1.21. The number of hydrogen-bond donors (Lipinski definition) is 1. The molecule has 0 heterocycles. The van der Waals surface area contributed by atoms with Crippen molar-refractivity contribution in [3.63, 3.8) is 0 Å². The number of quaternary nitrogens is 1. The lowest BCUT2D eigenvalue weighted by atomic mass is 10.8. The highest BCUT2D eigenvalue weighted by Crippen LogP contribution is 1.80. The van der Waals surface area contributed by atoms with Crippen LogP contribution in [0.4, 0.5) is 0 Å². The van der Waals surface area contributed by atoms with E-state index in [1.807, 2.05) is 0 Å². The van der Waals surface area contributed by atoms with Crippen LogP contribution in [0.5, 0.6) is 0 Å². The SMILES string of the molecule is O=[N+]([O-])CCS(=O)(=O)[O-].[NH4+]. The fourth-order valence-corrected chi connectivity index (χ4v) is 0.559. The standard InChI is InChI=1S/C2H5NO5S.H3N/c4-3(5)1-2-9(6,7)8;/h1-2H2,(H,6,7,8);1H3. The maximum atomic E-state index is 9.68. The van der Waals surface area contributed by atoms with Crippen molar-refractivity contribution in [2.45, 2.75) is 0 Å². The van der Waals surface area contributed by atoms with Crippen LogP contribution in [0.2, 0.25) is 0 Å². The van der Waals surface area contributed by atoms with Gasteiger partial charge in [0.2, 0.25) is 6.54 Å². The maximum Gasteiger partial charge on any atom is 0.216 e. The average Bonchev–Trinajstić information content (AvgIpc) is 1.59. The lowest BCUT2D eigenvalue weighted by molar-refractivity contribution is -0.474. The van der Waals surface area contributed by atoms with E-state index in [4.69, 9.17) is 0 Å². The van der Waals surface area contributed by atoms with Crippen LogP contribution in [0.1, 0.15) is 0 Å². The molecule has 0 aliphatic carbocycles. The highest BCUT2D eigenvalue weighted by atomic mass is 32.2. The average molecular weight is 172 g/mol. The smallest absolute Gasteiger partial charge is 0.216 e. The van der Waals surface area contributed by atoms with Gasteiger partial charge in [-0.25, -0.2) is 8.42 Å². The Kier molecular flexibility index (Phi) is 4.97. The predicted octanol–water partition coefficient (Wildman–Crippen LogP) is -0.815. The molecule has 0 saturated carbocycles. The first kappa shape index (κ1) is 12.0. The van der Waals surface area contributed by atoms with E-state index in [2.05, 4.69) is 0 Å². The summed E-state index contributed by atoms with van der Waals surface area (Å²) in [5, 5.41) is 9.45. The topological polar surface area (TPSA) is 137 Å². The zero-order valence-corrected chi connectivity index (χ0v) is 6.13. The zero-order chi connectivity index (χ0) is 7.49. The van der Waals surface area contributed by atoms with Gasteiger partial charge < -0.3 is 10.7 Å². The molecule has 0 aromatic carbocycles. The lowest BCUT2D eigenvalue weighted by Crippen LogP contribution is -2.14. The summed E-state index contributed by atoms with van der Waals surface area (Å²) < 4.78 is 29.0. The van der Waals surface area contributed by atoms with E-state index in [9.17, 15) is 23.1 Å². The second kappa shape index (κ2) is 4.14. The van der Waals surface area contributed by atoms with Crippen LogP contribution in [0, 0.1) is 10.1 Å². The van der Waals surface area contributed by atoms with Gasteiger partial charge in [0.15, 0.2) is 0 Å². The Morgan fingerprint density at radius 2 is 1.80 bits per heavy atom. The summed E-state index contributed by atoms with van der Waals surface area (Å²) in [7, 11) is -4.41. The highest BCUT2D eigenvalue weighted by molar-refractivity contribution is 7.85. The molecule has 0 unspecified atom stereocenters. The normalized spacial score (nSPS) is 10.1. The third-order valence-electron chi connectivity index (χ3n) is 0.524. The Bertz CT molecular complexity index is 196. The van der Waals surface area contributed by atoms with Gasteiger partial charge >= 0.3 is 0 Å². The Morgan fingerprint density at radius 1 is 1.40 bits per heavy atom. The Morgan fingerprint density at radius 3 is 1.90 bits per heavy atom. The van der Waals surface area contributed by atoms with Crippen molar-refractivity contribution in [1.82, 2.24) is 6.15 Å². The van der Waals surface area contributed by atoms with Crippen LogP contribution in [-0.4, -0.2) is 30.2 Å². The second-order valence-electron chi connectivity index (χ2n) is 1.32. The van der Waals surface area contributed by atoms with Crippen molar-refractivity contribution in [2.75, 3.05) is 12.3 Å². The summed E-state index contributed by atoms with van der Waals surface area (Å²) in [5.74, 6) is -0.931. The molecule has 0 aliphatic heterocycles. The van der Waals surface area contributed by atoms with Gasteiger partial charge in [0.05, 0.1) is 0 Å². The van der Waals surface area contributed by atoms with Crippen molar-refractivity contribution < 1.29 is 17.9 Å². The van der Waals surface area contributed by atoms with E-state index >= 15 is 0 Å². The van der Waals surface area contributed by atoms with Gasteiger partial charge in [0.25, 0.3) is 0 Å². The Hall–Kier alpha value is -0.730. The molecular formula is C2H8N2O5S. The van der Waals surface area contributed by atoms with Gasteiger partial charge in [-0.15, -0.1) is 0 Å². The summed E-state index contributed by atoms with van der Waals surface area (Å²) in [4.78, 5) is 8.60. The molecule has 0 bridgehead atoms. The quantitative estimate of drug-likeness (QED) is 0.337. The minimum atomic E-state index is -4.41. The first-order chi connectivity index (χ1) is 3.92. The van der Waals surface area contributed by atoms with Crippen LogP contribution in [0.25, 0.3) is 0 Å². The minimum Gasteiger partial charge on any atom is -0.748 e. The van der Waals surface area contributed by atoms with Gasteiger partial charge in [0, 0.05) is 4.92 Å². The molecule has 0 aliphatic rings. The Labute approximate surface area is 57.5 Å². The summed E-state index contributed by atoms with van der Waals surface area (Å²) in [5.41, 5.74) is 0. The third kappa shape index (κ3) is 10.3. The maximum absolute atomic E-state index is 9.68. The van der Waals surface area contributed by atoms with Crippen LogP contribution >= 0.6 is 0 Å². The second-order valence-corrected chi connectivity index (χ2v) is 2.84. The first-order valence-corrected chi connectivity index (χ1v) is 3.55. The number of nitro groups is 1. The number of nitrogens with zero attached hydrogens (tertiary/aromatic N) is 1. The van der Waals surface area contributed by atoms with Gasteiger partial charge in [-0.05, 0) is 0 Å². The fraction of sp³-hybridized carbons (Fsp3) is 1.00. The Balaban J connectivity index is 0. The molecule has 7 nitrogen and oxygen atoms in total. The highest BCUT2D eigenvalue weighted by Gasteiger charge is 2.00. The van der Waals surface area contributed by atoms with E-state index in [-0.39, 0.29) is 6.15 Å². The van der Waals surface area contributed by atoms with Gasteiger partial charge in [-0.2, -0.15) is 0 Å². The van der Waals surface area contributed by atoms with Crippen molar-refractivity contribution in [1.29, 1.82) is 0 Å². The molecule has 0 aromatic rings. The van der Waals surface area contributed by atoms with E-state index in [0.717, 1.165) is 0 Å². The molecular weight excluding hydrogens is 164 g/mol. The summed E-state index contributed by atoms with van der Waals surface area (Å²) in [6, 6.07) is 0.